The van der Waals surface area contributed by atoms with Crippen molar-refractivity contribution in [1.82, 2.24) is 0 Å². The largest absolute Gasteiger partial charge is 0.378 e. The maximum absolute atomic E-state index is 2.73. The third-order valence-corrected chi connectivity index (χ3v) is 14.1. The van der Waals surface area contributed by atoms with Crippen LogP contribution in [0.25, 0.3) is 0 Å². The molecule has 5 rings (SSSR count). The summed E-state index contributed by atoms with van der Waals surface area (Å²) in [5.74, 6) is 2.61. The van der Waals surface area contributed by atoms with Crippen molar-refractivity contribution in [3.63, 3.8) is 0 Å². The van der Waals surface area contributed by atoms with Crippen LogP contribution in [0.4, 0.5) is 5.69 Å². The summed E-state index contributed by atoms with van der Waals surface area (Å²) >= 11 is 0. The van der Waals surface area contributed by atoms with E-state index in [2.05, 4.69) is 111 Å². The fourth-order valence-corrected chi connectivity index (χ4v) is 12.9. The number of fused-ring (bicyclic) bond motifs is 2. The highest BCUT2D eigenvalue weighted by molar-refractivity contribution is 6.94. The van der Waals surface area contributed by atoms with Crippen molar-refractivity contribution < 1.29 is 0 Å². The fraction of sp³-hybridized carbons (Fsp3) is 0.407. The van der Waals surface area contributed by atoms with Crippen LogP contribution in [0.1, 0.15) is 12.8 Å². The lowest BCUT2D eigenvalue weighted by atomic mass is 9.91. The molecule has 6 unspecified atom stereocenters. The molecule has 1 aromatic carbocycles. The number of anilines is 1. The Balaban J connectivity index is 1.64. The van der Waals surface area contributed by atoms with E-state index in [0.717, 1.165) is 11.1 Å². The number of nitrogens with zero attached hydrogens (tertiary/aromatic N) is 1. The van der Waals surface area contributed by atoms with Crippen LogP contribution < -0.4 is 10.1 Å². The van der Waals surface area contributed by atoms with Gasteiger partial charge >= 0.3 is 0 Å². The molecule has 0 aromatic heterocycles. The topological polar surface area (TPSA) is 3.24 Å². The van der Waals surface area contributed by atoms with Crippen LogP contribution in [0, 0.1) is 36.5 Å². The van der Waals surface area contributed by atoms with Gasteiger partial charge in [0, 0.05) is 19.8 Å². The molecule has 0 spiro atoms. The molecule has 0 N–H and O–H groups in total. The molecule has 0 bridgehead atoms. The molecule has 1 nitrogen and oxygen atoms in total. The highest BCUT2D eigenvalue weighted by atomic mass is 28.3. The van der Waals surface area contributed by atoms with Gasteiger partial charge in [0.05, 0.1) is 8.07 Å². The molecule has 4 aliphatic carbocycles. The Hall–Kier alpha value is -1.80. The van der Waals surface area contributed by atoms with E-state index < -0.39 is 8.07 Å². The van der Waals surface area contributed by atoms with Gasteiger partial charge in [0.15, 0.2) is 0 Å². The third kappa shape index (κ3) is 3.03. The Morgan fingerprint density at radius 1 is 0.793 bits per heavy atom. The molecule has 2 saturated carbocycles. The van der Waals surface area contributed by atoms with Crippen molar-refractivity contribution in [2.45, 2.75) is 30.5 Å². The number of hydrogen-bond acceptors (Lipinski definition) is 1. The van der Waals surface area contributed by atoms with Gasteiger partial charge in [-0.15, -0.1) is 24.0 Å². The van der Waals surface area contributed by atoms with E-state index in [9.17, 15) is 0 Å². The van der Waals surface area contributed by atoms with Gasteiger partial charge < -0.3 is 17.7 Å². The van der Waals surface area contributed by atoms with E-state index in [-0.39, 0.29) is 0 Å². The van der Waals surface area contributed by atoms with Crippen LogP contribution in [-0.2, 0) is 0 Å². The monoisotopic (exact) mass is 399 g/mol. The number of allylic oxidation sites excluding steroid dienone is 8. The Morgan fingerprint density at radius 2 is 1.31 bits per heavy atom. The molecule has 2 fully saturated rings. The van der Waals surface area contributed by atoms with Gasteiger partial charge in [-0.2, -0.15) is 12.8 Å². The summed E-state index contributed by atoms with van der Waals surface area (Å²) in [7, 11) is 2.57. The molecular weight excluding hydrogens is 366 g/mol. The fourth-order valence-electron chi connectivity index (χ4n) is 6.76. The highest BCUT2D eigenvalue weighted by Crippen LogP contribution is 2.58. The molecule has 0 aliphatic heterocycles. The molecule has 152 valence electrons. The maximum Gasteiger partial charge on any atom is 0.0885 e. The van der Waals surface area contributed by atoms with Crippen LogP contribution >= 0.6 is 0 Å². The lowest BCUT2D eigenvalue weighted by Gasteiger charge is -2.49. The van der Waals surface area contributed by atoms with Crippen LogP contribution in [-0.4, -0.2) is 22.2 Å². The molecule has 0 saturated heterocycles. The first kappa shape index (κ1) is 19.2. The Morgan fingerprint density at radius 3 is 1.86 bits per heavy atom. The van der Waals surface area contributed by atoms with Crippen molar-refractivity contribution >= 4 is 18.9 Å². The molecule has 2 heteroatoms. The SMILES string of the molecule is CN(C)c1ccccc1[Si](C)(C1C[CH-]C2C=CC=CC21)C1C[CH-]C2C=CC=CC21. The summed E-state index contributed by atoms with van der Waals surface area (Å²) < 4.78 is 0. The predicted molar refractivity (Wildman–Crippen MR) is 128 cm³/mol. The van der Waals surface area contributed by atoms with E-state index in [1.807, 2.05) is 0 Å². The lowest BCUT2D eigenvalue weighted by molar-refractivity contribution is 0.538. The smallest absolute Gasteiger partial charge is 0.0885 e. The summed E-state index contributed by atoms with van der Waals surface area (Å²) in [6.45, 7) is 2.73. The van der Waals surface area contributed by atoms with Gasteiger partial charge in [-0.1, -0.05) is 72.3 Å². The normalized spacial score (nSPS) is 36.7. The van der Waals surface area contributed by atoms with Gasteiger partial charge in [-0.05, 0) is 23.1 Å². The average Bonchev–Trinajstić information content (AvgIpc) is 3.38. The second kappa shape index (κ2) is 7.47. The molecule has 29 heavy (non-hydrogen) atoms. The summed E-state index contributed by atoms with van der Waals surface area (Å²) in [4.78, 5) is 2.35. The molecule has 1 aromatic rings. The minimum Gasteiger partial charge on any atom is -0.378 e. The van der Waals surface area contributed by atoms with E-state index in [0.29, 0.717) is 23.7 Å². The standard InChI is InChI=1S/C27H33NSi/c1-28(2)24-14-8-9-15-27(24)29(3,25-18-16-20-10-4-6-12-22(20)25)26-19-17-21-11-5-7-13-23(21)26/h4-17,20-23,25-26H,18-19H2,1-3H3/q-2. The maximum atomic E-state index is 2.73. The van der Waals surface area contributed by atoms with Crippen molar-refractivity contribution in [1.29, 1.82) is 0 Å². The number of benzene rings is 1. The van der Waals surface area contributed by atoms with Crippen molar-refractivity contribution in [2.75, 3.05) is 19.0 Å². The van der Waals surface area contributed by atoms with E-state index in [1.54, 1.807) is 5.19 Å². The third-order valence-electron chi connectivity index (χ3n) is 8.20. The predicted octanol–water partition coefficient (Wildman–Crippen LogP) is 5.71. The van der Waals surface area contributed by atoms with Gasteiger partial charge in [0.2, 0.25) is 0 Å². The van der Waals surface area contributed by atoms with E-state index >= 15 is 0 Å². The van der Waals surface area contributed by atoms with Crippen molar-refractivity contribution in [2.24, 2.45) is 23.7 Å². The minimum atomic E-state index is -1.86. The number of para-hydroxylation sites is 1. The molecule has 0 radical (unpaired) electrons. The van der Waals surface area contributed by atoms with Gasteiger partial charge in [-0.3, -0.25) is 0 Å². The lowest BCUT2D eigenvalue weighted by Crippen LogP contribution is -2.56. The van der Waals surface area contributed by atoms with E-state index in [1.165, 1.54) is 18.5 Å². The first-order chi connectivity index (χ1) is 14.1. The summed E-state index contributed by atoms with van der Waals surface area (Å²) in [6, 6.07) is 9.33. The van der Waals surface area contributed by atoms with Gasteiger partial charge in [-0.25, -0.2) is 0 Å². The van der Waals surface area contributed by atoms with Crippen molar-refractivity contribution in [3.05, 3.63) is 85.7 Å². The van der Waals surface area contributed by atoms with E-state index in [4.69, 9.17) is 0 Å². The molecule has 0 amide bonds. The zero-order valence-corrected chi connectivity index (χ0v) is 18.9. The summed E-state index contributed by atoms with van der Waals surface area (Å²) in [6.07, 6.45) is 26.8. The Bertz CT molecular complexity index is 832. The summed E-state index contributed by atoms with van der Waals surface area (Å²) in [5.41, 5.74) is 2.98. The second-order valence-electron chi connectivity index (χ2n) is 9.70. The van der Waals surface area contributed by atoms with Gasteiger partial charge in [0.1, 0.15) is 0 Å². The van der Waals surface area contributed by atoms with Gasteiger partial charge in [0.25, 0.3) is 0 Å². The first-order valence-corrected chi connectivity index (χ1v) is 13.9. The Labute approximate surface area is 177 Å². The van der Waals surface area contributed by atoms with Crippen LogP contribution in [0.5, 0.6) is 0 Å². The minimum absolute atomic E-state index is 0.631. The van der Waals surface area contributed by atoms with Crippen molar-refractivity contribution in [3.8, 4) is 0 Å². The zero-order valence-electron chi connectivity index (χ0n) is 17.9. The average molecular weight is 400 g/mol. The second-order valence-corrected chi connectivity index (χ2v) is 14.3. The first-order valence-electron chi connectivity index (χ1n) is 11.2. The summed E-state index contributed by atoms with van der Waals surface area (Å²) in [5, 5.41) is 1.68. The molecule has 0 heterocycles. The molecule has 4 aliphatic rings. The molecular formula is C27H33NSi-2. The quantitative estimate of drug-likeness (QED) is 0.463. The molecule has 6 atom stereocenters. The van der Waals surface area contributed by atoms with Crippen LogP contribution in [0.15, 0.2) is 72.9 Å². The zero-order chi connectivity index (χ0) is 20.0. The number of rotatable bonds is 4. The Kier molecular flexibility index (Phi) is 4.94. The van der Waals surface area contributed by atoms with Crippen LogP contribution in [0.2, 0.25) is 17.6 Å². The number of hydrogen-bond donors (Lipinski definition) is 0. The van der Waals surface area contributed by atoms with Crippen LogP contribution in [0.3, 0.4) is 0 Å². The highest BCUT2D eigenvalue weighted by Gasteiger charge is 2.51.